The molecule has 0 spiro atoms. The Morgan fingerprint density at radius 1 is 1.24 bits per heavy atom. The molecule has 0 amide bonds. The van der Waals surface area contributed by atoms with Gasteiger partial charge in [0.1, 0.15) is 4.60 Å². The van der Waals surface area contributed by atoms with Crippen LogP contribution in [0.5, 0.6) is 0 Å². The molecule has 2 rings (SSSR count). The molecule has 4 heteroatoms. The first-order valence-electron chi connectivity index (χ1n) is 5.27. The Morgan fingerprint density at radius 3 is 2.65 bits per heavy atom. The number of pyridine rings is 1. The molecule has 0 bridgehead atoms. The maximum absolute atomic E-state index is 6.13. The Bertz CT molecular complexity index is 499. The summed E-state index contributed by atoms with van der Waals surface area (Å²) in [4.78, 5) is 4.17. The average molecular weight is 312 g/mol. The highest BCUT2D eigenvalue weighted by Gasteiger charge is 2.09. The van der Waals surface area contributed by atoms with Crippen LogP contribution in [0, 0.1) is 0 Å². The van der Waals surface area contributed by atoms with Gasteiger partial charge in [-0.15, -0.1) is 0 Å². The summed E-state index contributed by atoms with van der Waals surface area (Å²) in [5.41, 5.74) is 8.20. The molecule has 2 N–H and O–H groups in total. The molecule has 0 saturated heterocycles. The van der Waals surface area contributed by atoms with Crippen LogP contribution in [-0.2, 0) is 6.42 Å². The van der Waals surface area contributed by atoms with Crippen LogP contribution in [0.4, 0.5) is 0 Å². The highest BCUT2D eigenvalue weighted by molar-refractivity contribution is 9.10. The molecule has 1 aromatic heterocycles. The van der Waals surface area contributed by atoms with E-state index in [2.05, 4.69) is 20.9 Å². The summed E-state index contributed by atoms with van der Waals surface area (Å²) in [6, 6.07) is 11.5. The van der Waals surface area contributed by atoms with Gasteiger partial charge in [-0.2, -0.15) is 0 Å². The molecule has 1 aromatic carbocycles. The summed E-state index contributed by atoms with van der Waals surface area (Å²) in [5.74, 6) is 0. The summed E-state index contributed by atoms with van der Waals surface area (Å²) < 4.78 is 0.811. The van der Waals surface area contributed by atoms with Crippen LogP contribution in [0.1, 0.15) is 17.2 Å². The molecule has 0 saturated carbocycles. The van der Waals surface area contributed by atoms with Gasteiger partial charge in [-0.05, 0) is 45.6 Å². The largest absolute Gasteiger partial charge is 0.324 e. The lowest BCUT2D eigenvalue weighted by molar-refractivity contribution is 0.717. The highest BCUT2D eigenvalue weighted by atomic mass is 79.9. The number of hydrogen-bond acceptors (Lipinski definition) is 2. The minimum absolute atomic E-state index is 0.0875. The molecule has 0 radical (unpaired) electrons. The van der Waals surface area contributed by atoms with Crippen molar-refractivity contribution >= 4 is 27.5 Å². The van der Waals surface area contributed by atoms with Crippen LogP contribution in [0.2, 0.25) is 5.02 Å². The SMILES string of the molecule is NC(Cc1ccccc1Cl)c1ccc(Br)nc1. The number of benzene rings is 1. The van der Waals surface area contributed by atoms with Crippen molar-refractivity contribution in [2.24, 2.45) is 5.73 Å². The van der Waals surface area contributed by atoms with Gasteiger partial charge in [-0.3, -0.25) is 0 Å². The Hall–Kier alpha value is -0.900. The molecular formula is C13H12BrClN2. The number of halogens is 2. The maximum atomic E-state index is 6.13. The van der Waals surface area contributed by atoms with Gasteiger partial charge in [0, 0.05) is 17.3 Å². The average Bonchev–Trinajstić information content (AvgIpc) is 2.33. The van der Waals surface area contributed by atoms with Gasteiger partial charge in [0.15, 0.2) is 0 Å². The smallest absolute Gasteiger partial charge is 0.106 e. The van der Waals surface area contributed by atoms with Gasteiger partial charge < -0.3 is 5.73 Å². The zero-order valence-corrected chi connectivity index (χ0v) is 11.4. The monoisotopic (exact) mass is 310 g/mol. The van der Waals surface area contributed by atoms with E-state index in [4.69, 9.17) is 17.3 Å². The highest BCUT2D eigenvalue weighted by Crippen LogP contribution is 2.22. The fourth-order valence-corrected chi connectivity index (χ4v) is 2.07. The van der Waals surface area contributed by atoms with E-state index >= 15 is 0 Å². The fraction of sp³-hybridized carbons (Fsp3) is 0.154. The number of aromatic nitrogens is 1. The number of rotatable bonds is 3. The van der Waals surface area contributed by atoms with Crippen molar-refractivity contribution < 1.29 is 0 Å². The van der Waals surface area contributed by atoms with E-state index in [0.29, 0.717) is 6.42 Å². The Morgan fingerprint density at radius 2 is 2.00 bits per heavy atom. The van der Waals surface area contributed by atoms with E-state index in [0.717, 1.165) is 20.8 Å². The molecule has 0 fully saturated rings. The quantitative estimate of drug-likeness (QED) is 0.877. The van der Waals surface area contributed by atoms with Gasteiger partial charge in [-0.25, -0.2) is 4.98 Å². The molecule has 0 aliphatic carbocycles. The Labute approximate surface area is 114 Å². The molecule has 2 aromatic rings. The normalized spacial score (nSPS) is 12.4. The van der Waals surface area contributed by atoms with E-state index in [1.807, 2.05) is 36.4 Å². The van der Waals surface area contributed by atoms with Crippen molar-refractivity contribution in [2.45, 2.75) is 12.5 Å². The van der Waals surface area contributed by atoms with E-state index in [1.54, 1.807) is 6.20 Å². The summed E-state index contributed by atoms with van der Waals surface area (Å²) >= 11 is 9.40. The minimum Gasteiger partial charge on any atom is -0.324 e. The van der Waals surface area contributed by atoms with Crippen molar-refractivity contribution in [3.8, 4) is 0 Å². The predicted molar refractivity (Wildman–Crippen MR) is 74.0 cm³/mol. The zero-order chi connectivity index (χ0) is 12.3. The lowest BCUT2D eigenvalue weighted by atomic mass is 10.0. The third kappa shape index (κ3) is 3.28. The third-order valence-electron chi connectivity index (χ3n) is 2.58. The Kier molecular flexibility index (Phi) is 4.15. The van der Waals surface area contributed by atoms with Gasteiger partial charge in [0.25, 0.3) is 0 Å². The molecule has 1 atom stereocenters. The van der Waals surface area contributed by atoms with E-state index < -0.39 is 0 Å². The molecule has 88 valence electrons. The van der Waals surface area contributed by atoms with E-state index in [1.165, 1.54) is 0 Å². The number of nitrogens with two attached hydrogens (primary N) is 1. The van der Waals surface area contributed by atoms with Crippen molar-refractivity contribution in [3.05, 3.63) is 63.3 Å². The Balaban J connectivity index is 2.14. The minimum atomic E-state index is -0.0875. The first kappa shape index (κ1) is 12.6. The van der Waals surface area contributed by atoms with Gasteiger partial charge >= 0.3 is 0 Å². The molecule has 0 aliphatic heterocycles. The molecule has 2 nitrogen and oxygen atoms in total. The standard InChI is InChI=1S/C13H12BrClN2/c14-13-6-5-10(8-17-13)12(16)7-9-3-1-2-4-11(9)15/h1-6,8,12H,7,16H2. The lowest BCUT2D eigenvalue weighted by Gasteiger charge is -2.12. The van der Waals surface area contributed by atoms with Crippen LogP contribution in [0.25, 0.3) is 0 Å². The first-order valence-corrected chi connectivity index (χ1v) is 6.44. The summed E-state index contributed by atoms with van der Waals surface area (Å²) in [7, 11) is 0. The van der Waals surface area contributed by atoms with Crippen molar-refractivity contribution in [1.82, 2.24) is 4.98 Å². The summed E-state index contributed by atoms with van der Waals surface area (Å²) in [6.07, 6.45) is 2.49. The number of hydrogen-bond donors (Lipinski definition) is 1. The topological polar surface area (TPSA) is 38.9 Å². The molecule has 0 aliphatic rings. The van der Waals surface area contributed by atoms with Gasteiger partial charge in [0.2, 0.25) is 0 Å². The molecular weight excluding hydrogens is 300 g/mol. The second-order valence-electron chi connectivity index (χ2n) is 3.82. The predicted octanol–water partition coefficient (Wildman–Crippen LogP) is 3.74. The van der Waals surface area contributed by atoms with Crippen LogP contribution >= 0.6 is 27.5 Å². The summed E-state index contributed by atoms with van der Waals surface area (Å²) in [6.45, 7) is 0. The van der Waals surface area contributed by atoms with Crippen molar-refractivity contribution in [2.75, 3.05) is 0 Å². The zero-order valence-electron chi connectivity index (χ0n) is 9.11. The summed E-state index contributed by atoms with van der Waals surface area (Å²) in [5, 5.41) is 0.757. The molecule has 1 heterocycles. The van der Waals surface area contributed by atoms with Crippen LogP contribution in [-0.4, -0.2) is 4.98 Å². The lowest BCUT2D eigenvalue weighted by Crippen LogP contribution is -2.13. The van der Waals surface area contributed by atoms with Gasteiger partial charge in [-0.1, -0.05) is 35.9 Å². The molecule has 1 unspecified atom stereocenters. The second kappa shape index (κ2) is 5.63. The van der Waals surface area contributed by atoms with Crippen molar-refractivity contribution in [1.29, 1.82) is 0 Å². The van der Waals surface area contributed by atoms with Gasteiger partial charge in [0.05, 0.1) is 0 Å². The maximum Gasteiger partial charge on any atom is 0.106 e. The fourth-order valence-electron chi connectivity index (χ4n) is 1.63. The molecule has 17 heavy (non-hydrogen) atoms. The van der Waals surface area contributed by atoms with E-state index in [-0.39, 0.29) is 6.04 Å². The number of nitrogens with zero attached hydrogens (tertiary/aromatic N) is 1. The van der Waals surface area contributed by atoms with Crippen LogP contribution in [0.3, 0.4) is 0 Å². The second-order valence-corrected chi connectivity index (χ2v) is 5.04. The van der Waals surface area contributed by atoms with Crippen LogP contribution < -0.4 is 5.73 Å². The van der Waals surface area contributed by atoms with Crippen LogP contribution in [0.15, 0.2) is 47.2 Å². The third-order valence-corrected chi connectivity index (χ3v) is 3.41. The van der Waals surface area contributed by atoms with Crippen molar-refractivity contribution in [3.63, 3.8) is 0 Å². The van der Waals surface area contributed by atoms with E-state index in [9.17, 15) is 0 Å². The first-order chi connectivity index (χ1) is 8.16.